The molecule has 0 bridgehead atoms. The minimum absolute atomic E-state index is 0.0193. The maximum absolute atomic E-state index is 12.6. The number of oxazole rings is 1. The zero-order valence-electron chi connectivity index (χ0n) is 19.0. The Bertz CT molecular complexity index is 937. The molecule has 1 unspecified atom stereocenters. The first-order valence-electron chi connectivity index (χ1n) is 11.1. The van der Waals surface area contributed by atoms with Crippen molar-refractivity contribution in [3.63, 3.8) is 0 Å². The topological polar surface area (TPSA) is 93.0 Å². The number of carbonyl (C=O) groups is 3. The van der Waals surface area contributed by atoms with E-state index in [9.17, 15) is 14.4 Å². The summed E-state index contributed by atoms with van der Waals surface area (Å²) in [5.41, 5.74) is 2.10. The Morgan fingerprint density at radius 3 is 2.72 bits per heavy atom. The lowest BCUT2D eigenvalue weighted by Gasteiger charge is -2.32. The highest BCUT2D eigenvalue weighted by molar-refractivity contribution is 5.85. The van der Waals surface area contributed by atoms with Gasteiger partial charge in [0.2, 0.25) is 11.8 Å². The van der Waals surface area contributed by atoms with Crippen LogP contribution in [0.1, 0.15) is 37.6 Å². The van der Waals surface area contributed by atoms with Crippen molar-refractivity contribution >= 4 is 17.8 Å². The normalized spacial score (nSPS) is 16.0. The SMILES string of the molecule is CCOC(=O)C1CCCN(C(=O)CN(C)C(=O)CCc2ncc(-c3ccc(C)cc3)o2)C1. The number of esters is 1. The number of benzene rings is 1. The van der Waals surface area contributed by atoms with E-state index in [4.69, 9.17) is 9.15 Å². The second-order valence-corrected chi connectivity index (χ2v) is 8.17. The third-order valence-electron chi connectivity index (χ3n) is 5.63. The Hall–Kier alpha value is -3.16. The van der Waals surface area contributed by atoms with Crippen LogP contribution in [0.2, 0.25) is 0 Å². The van der Waals surface area contributed by atoms with Crippen molar-refractivity contribution in [1.82, 2.24) is 14.8 Å². The highest BCUT2D eigenvalue weighted by Gasteiger charge is 2.30. The zero-order valence-corrected chi connectivity index (χ0v) is 19.0. The van der Waals surface area contributed by atoms with E-state index in [-0.39, 0.29) is 36.7 Å². The minimum atomic E-state index is -0.290. The van der Waals surface area contributed by atoms with Gasteiger partial charge in [0.25, 0.3) is 0 Å². The quantitative estimate of drug-likeness (QED) is 0.585. The molecule has 1 aromatic heterocycles. The third-order valence-corrected chi connectivity index (χ3v) is 5.63. The lowest BCUT2D eigenvalue weighted by Crippen LogP contribution is -2.47. The van der Waals surface area contributed by atoms with E-state index in [0.717, 1.165) is 24.0 Å². The first-order valence-corrected chi connectivity index (χ1v) is 11.1. The van der Waals surface area contributed by atoms with Crippen molar-refractivity contribution in [3.05, 3.63) is 41.9 Å². The predicted molar refractivity (Wildman–Crippen MR) is 119 cm³/mol. The number of rotatable bonds is 8. The fourth-order valence-electron chi connectivity index (χ4n) is 3.73. The zero-order chi connectivity index (χ0) is 23.1. The number of aromatic nitrogens is 1. The first-order chi connectivity index (χ1) is 15.4. The molecule has 8 nitrogen and oxygen atoms in total. The van der Waals surface area contributed by atoms with Gasteiger partial charge in [-0.1, -0.05) is 29.8 Å². The standard InChI is InChI=1S/C24H31N3O5/c1-4-31-24(30)19-6-5-13-27(15-19)23(29)16-26(3)22(28)12-11-21-25-14-20(32-21)18-9-7-17(2)8-10-18/h7-10,14,19H,4-6,11-13,15-16H2,1-3H3. The third kappa shape index (κ3) is 6.18. The van der Waals surface area contributed by atoms with E-state index in [1.54, 1.807) is 25.1 Å². The van der Waals surface area contributed by atoms with E-state index >= 15 is 0 Å². The Balaban J connectivity index is 1.47. The van der Waals surface area contributed by atoms with Crippen LogP contribution >= 0.6 is 0 Å². The van der Waals surface area contributed by atoms with Crippen LogP contribution in [0.15, 0.2) is 34.9 Å². The summed E-state index contributed by atoms with van der Waals surface area (Å²) in [5.74, 6) is 0.283. The van der Waals surface area contributed by atoms with E-state index < -0.39 is 0 Å². The lowest BCUT2D eigenvalue weighted by atomic mass is 9.98. The second kappa shape index (κ2) is 10.9. The predicted octanol–water partition coefficient (Wildman–Crippen LogP) is 2.84. The molecule has 0 saturated carbocycles. The van der Waals surface area contributed by atoms with Crippen LogP contribution in [-0.4, -0.2) is 65.9 Å². The van der Waals surface area contributed by atoms with Crippen molar-refractivity contribution in [1.29, 1.82) is 0 Å². The molecule has 2 aromatic rings. The summed E-state index contributed by atoms with van der Waals surface area (Å²) in [5, 5.41) is 0. The molecule has 32 heavy (non-hydrogen) atoms. The molecule has 0 spiro atoms. The van der Waals surface area contributed by atoms with Gasteiger partial charge in [0.1, 0.15) is 0 Å². The summed E-state index contributed by atoms with van der Waals surface area (Å²) in [6.45, 7) is 5.04. The van der Waals surface area contributed by atoms with Gasteiger partial charge in [0, 0.05) is 38.5 Å². The molecule has 1 fully saturated rings. The Kier molecular flexibility index (Phi) is 8.03. The van der Waals surface area contributed by atoms with Crippen molar-refractivity contribution in [2.45, 2.75) is 39.5 Å². The number of hydrogen-bond acceptors (Lipinski definition) is 6. The molecule has 1 aliphatic rings. The average Bonchev–Trinajstić information content (AvgIpc) is 3.27. The summed E-state index contributed by atoms with van der Waals surface area (Å²) >= 11 is 0. The van der Waals surface area contributed by atoms with Crippen LogP contribution in [0.3, 0.4) is 0 Å². The van der Waals surface area contributed by atoms with Crippen LogP contribution in [0, 0.1) is 12.8 Å². The van der Waals surface area contributed by atoms with Crippen LogP contribution in [0.4, 0.5) is 0 Å². The number of ether oxygens (including phenoxy) is 1. The monoisotopic (exact) mass is 441 g/mol. The summed E-state index contributed by atoms with van der Waals surface area (Å²) < 4.78 is 10.9. The molecular formula is C24H31N3O5. The number of amides is 2. The van der Waals surface area contributed by atoms with Crippen LogP contribution in [0.5, 0.6) is 0 Å². The fraction of sp³-hybridized carbons (Fsp3) is 0.500. The van der Waals surface area contributed by atoms with E-state index in [0.29, 0.717) is 37.8 Å². The van der Waals surface area contributed by atoms with Gasteiger partial charge < -0.3 is 19.0 Å². The van der Waals surface area contributed by atoms with E-state index in [2.05, 4.69) is 4.98 Å². The maximum Gasteiger partial charge on any atom is 0.310 e. The number of likely N-dealkylation sites (N-methyl/N-ethyl adjacent to an activating group) is 1. The number of carbonyl (C=O) groups excluding carboxylic acids is 3. The van der Waals surface area contributed by atoms with Gasteiger partial charge in [-0.15, -0.1) is 0 Å². The molecule has 3 rings (SSSR count). The molecule has 0 radical (unpaired) electrons. The molecule has 1 aliphatic heterocycles. The van der Waals surface area contributed by atoms with Crippen LogP contribution in [-0.2, 0) is 25.5 Å². The van der Waals surface area contributed by atoms with Crippen LogP contribution in [0.25, 0.3) is 11.3 Å². The molecule has 0 N–H and O–H groups in total. The molecule has 1 saturated heterocycles. The van der Waals surface area contributed by atoms with Gasteiger partial charge in [-0.2, -0.15) is 0 Å². The molecule has 0 aliphatic carbocycles. The lowest BCUT2D eigenvalue weighted by molar-refractivity contribution is -0.152. The Morgan fingerprint density at radius 1 is 1.25 bits per heavy atom. The van der Waals surface area contributed by atoms with Gasteiger partial charge in [0.05, 0.1) is 25.3 Å². The molecule has 172 valence electrons. The van der Waals surface area contributed by atoms with Gasteiger partial charge in [-0.05, 0) is 26.7 Å². The molecule has 2 amide bonds. The smallest absolute Gasteiger partial charge is 0.310 e. The van der Waals surface area contributed by atoms with Crippen LogP contribution < -0.4 is 0 Å². The summed E-state index contributed by atoms with van der Waals surface area (Å²) in [7, 11) is 1.61. The summed E-state index contributed by atoms with van der Waals surface area (Å²) in [4.78, 5) is 44.5. The van der Waals surface area contributed by atoms with Gasteiger partial charge in [-0.25, -0.2) is 4.98 Å². The number of hydrogen-bond donors (Lipinski definition) is 0. The number of aryl methyl sites for hydroxylation is 2. The largest absolute Gasteiger partial charge is 0.466 e. The molecule has 8 heteroatoms. The molecular weight excluding hydrogens is 410 g/mol. The highest BCUT2D eigenvalue weighted by atomic mass is 16.5. The van der Waals surface area contributed by atoms with Gasteiger partial charge in [-0.3, -0.25) is 14.4 Å². The van der Waals surface area contributed by atoms with Gasteiger partial charge in [0.15, 0.2) is 11.7 Å². The summed E-state index contributed by atoms with van der Waals surface area (Å²) in [6.07, 6.45) is 3.69. The number of piperidine rings is 1. The van der Waals surface area contributed by atoms with E-state index in [1.165, 1.54) is 4.90 Å². The van der Waals surface area contributed by atoms with Crippen molar-refractivity contribution in [2.24, 2.45) is 5.92 Å². The minimum Gasteiger partial charge on any atom is -0.466 e. The Morgan fingerprint density at radius 2 is 2.00 bits per heavy atom. The first kappa shape index (κ1) is 23.5. The van der Waals surface area contributed by atoms with Gasteiger partial charge >= 0.3 is 5.97 Å². The van der Waals surface area contributed by atoms with Crippen molar-refractivity contribution in [3.8, 4) is 11.3 Å². The maximum atomic E-state index is 12.6. The molecule has 1 atom stereocenters. The van der Waals surface area contributed by atoms with E-state index in [1.807, 2.05) is 31.2 Å². The Labute approximate surface area is 188 Å². The number of nitrogens with zero attached hydrogens (tertiary/aromatic N) is 3. The summed E-state index contributed by atoms with van der Waals surface area (Å²) in [6, 6.07) is 7.95. The molecule has 1 aromatic carbocycles. The average molecular weight is 442 g/mol. The fourth-order valence-corrected chi connectivity index (χ4v) is 3.73. The second-order valence-electron chi connectivity index (χ2n) is 8.17. The van der Waals surface area contributed by atoms with Crippen molar-refractivity contribution < 1.29 is 23.5 Å². The highest BCUT2D eigenvalue weighted by Crippen LogP contribution is 2.21. The van der Waals surface area contributed by atoms with Crippen molar-refractivity contribution in [2.75, 3.05) is 33.3 Å². The molecule has 2 heterocycles. The number of likely N-dealkylation sites (tertiary alicyclic amines) is 1.